The van der Waals surface area contributed by atoms with Gasteiger partial charge >= 0.3 is 0 Å². The molecular formula is C18H16FN3O2. The van der Waals surface area contributed by atoms with Gasteiger partial charge in [0.05, 0.1) is 17.2 Å². The Labute approximate surface area is 138 Å². The minimum Gasteiger partial charge on any atom is -0.381 e. The van der Waals surface area contributed by atoms with E-state index in [9.17, 15) is 4.39 Å². The topological polar surface area (TPSA) is 61.0 Å². The first-order valence-electron chi connectivity index (χ1n) is 7.87. The molecule has 3 aromatic rings. The van der Waals surface area contributed by atoms with Gasteiger partial charge in [0.2, 0.25) is 0 Å². The lowest BCUT2D eigenvalue weighted by Gasteiger charge is -2.34. The first kappa shape index (κ1) is 15.0. The average molecular weight is 325 g/mol. The molecule has 0 saturated carbocycles. The molecule has 2 aromatic heterocycles. The summed E-state index contributed by atoms with van der Waals surface area (Å²) in [6.07, 6.45) is 4.16. The molecule has 1 fully saturated rings. The van der Waals surface area contributed by atoms with Gasteiger partial charge in [0.25, 0.3) is 5.89 Å². The molecule has 0 N–H and O–H groups in total. The predicted molar refractivity (Wildman–Crippen MR) is 84.8 cm³/mol. The Morgan fingerprint density at radius 1 is 1.04 bits per heavy atom. The van der Waals surface area contributed by atoms with E-state index in [1.165, 1.54) is 12.3 Å². The molecule has 122 valence electrons. The number of ether oxygens (including phenoxy) is 1. The molecule has 0 radical (unpaired) electrons. The van der Waals surface area contributed by atoms with E-state index < -0.39 is 5.82 Å². The summed E-state index contributed by atoms with van der Waals surface area (Å²) in [5, 5.41) is 4.18. The largest absolute Gasteiger partial charge is 0.381 e. The van der Waals surface area contributed by atoms with Crippen LogP contribution in [0.5, 0.6) is 0 Å². The summed E-state index contributed by atoms with van der Waals surface area (Å²) in [6, 6.07) is 11.6. The van der Waals surface area contributed by atoms with Crippen LogP contribution in [0.15, 0.2) is 53.3 Å². The van der Waals surface area contributed by atoms with Gasteiger partial charge in [-0.15, -0.1) is 0 Å². The third-order valence-electron chi connectivity index (χ3n) is 4.53. The number of hydrogen-bond donors (Lipinski definition) is 0. The van der Waals surface area contributed by atoms with Crippen LogP contribution < -0.4 is 0 Å². The first-order chi connectivity index (χ1) is 11.8. The second-order valence-corrected chi connectivity index (χ2v) is 5.84. The number of halogens is 1. The van der Waals surface area contributed by atoms with E-state index in [2.05, 4.69) is 27.3 Å². The smallest absolute Gasteiger partial charge is 0.261 e. The van der Waals surface area contributed by atoms with Crippen molar-refractivity contribution >= 4 is 0 Å². The minimum absolute atomic E-state index is 0.173. The van der Waals surface area contributed by atoms with Gasteiger partial charge < -0.3 is 9.26 Å². The van der Waals surface area contributed by atoms with Crippen LogP contribution >= 0.6 is 0 Å². The van der Waals surface area contributed by atoms with Crippen molar-refractivity contribution in [2.45, 2.75) is 18.3 Å². The van der Waals surface area contributed by atoms with Gasteiger partial charge in [0.15, 0.2) is 11.6 Å². The standard InChI is InChI=1S/C18H16FN3O2/c19-15-12-20-9-6-14(15)16-21-17(22-24-16)18(7-10-23-11-8-18)13-4-2-1-3-5-13/h1-6,9,12H,7-8,10-11H2. The van der Waals surface area contributed by atoms with E-state index in [0.29, 0.717) is 19.0 Å². The molecule has 0 bridgehead atoms. The highest BCUT2D eigenvalue weighted by Gasteiger charge is 2.40. The summed E-state index contributed by atoms with van der Waals surface area (Å²) >= 11 is 0. The number of benzene rings is 1. The number of hydrogen-bond acceptors (Lipinski definition) is 5. The summed E-state index contributed by atoms with van der Waals surface area (Å²) in [6.45, 7) is 1.25. The zero-order valence-corrected chi connectivity index (χ0v) is 13.0. The molecule has 24 heavy (non-hydrogen) atoms. The van der Waals surface area contributed by atoms with E-state index in [0.717, 1.165) is 24.6 Å². The maximum atomic E-state index is 13.9. The summed E-state index contributed by atoms with van der Waals surface area (Å²) < 4.78 is 24.8. The molecule has 0 atom stereocenters. The molecule has 0 unspecified atom stereocenters. The van der Waals surface area contributed by atoms with Crippen LogP contribution in [0.2, 0.25) is 0 Å². The van der Waals surface area contributed by atoms with Crippen molar-refractivity contribution in [2.24, 2.45) is 0 Å². The highest BCUT2D eigenvalue weighted by Crippen LogP contribution is 2.40. The van der Waals surface area contributed by atoms with Crippen molar-refractivity contribution in [1.29, 1.82) is 0 Å². The van der Waals surface area contributed by atoms with Crippen molar-refractivity contribution in [2.75, 3.05) is 13.2 Å². The van der Waals surface area contributed by atoms with E-state index in [1.54, 1.807) is 0 Å². The lowest BCUT2D eigenvalue weighted by molar-refractivity contribution is 0.0597. The normalized spacial score (nSPS) is 16.9. The summed E-state index contributed by atoms with van der Waals surface area (Å²) in [5.41, 5.74) is 1.01. The van der Waals surface area contributed by atoms with Gasteiger partial charge in [0.1, 0.15) is 0 Å². The van der Waals surface area contributed by atoms with Gasteiger partial charge in [-0.05, 0) is 24.5 Å². The van der Waals surface area contributed by atoms with Gasteiger partial charge in [-0.1, -0.05) is 35.5 Å². The zero-order valence-electron chi connectivity index (χ0n) is 13.0. The molecular weight excluding hydrogens is 309 g/mol. The zero-order chi connectivity index (χ0) is 16.4. The lowest BCUT2D eigenvalue weighted by Crippen LogP contribution is -2.36. The summed E-state index contributed by atoms with van der Waals surface area (Å²) in [7, 11) is 0. The molecule has 1 aliphatic heterocycles. The quantitative estimate of drug-likeness (QED) is 0.739. The molecule has 1 aromatic carbocycles. The third kappa shape index (κ3) is 2.49. The van der Waals surface area contributed by atoms with Crippen LogP contribution in [-0.4, -0.2) is 28.3 Å². The molecule has 0 spiro atoms. The van der Waals surface area contributed by atoms with E-state index in [4.69, 9.17) is 9.26 Å². The van der Waals surface area contributed by atoms with Gasteiger partial charge in [-0.2, -0.15) is 4.98 Å². The Bertz CT molecular complexity index is 829. The summed E-state index contributed by atoms with van der Waals surface area (Å²) in [4.78, 5) is 8.26. The fraction of sp³-hybridized carbons (Fsp3) is 0.278. The Morgan fingerprint density at radius 2 is 1.83 bits per heavy atom. The van der Waals surface area contributed by atoms with Gasteiger partial charge in [-0.3, -0.25) is 4.98 Å². The van der Waals surface area contributed by atoms with Crippen LogP contribution in [-0.2, 0) is 10.2 Å². The first-order valence-corrected chi connectivity index (χ1v) is 7.87. The highest BCUT2D eigenvalue weighted by molar-refractivity contribution is 5.53. The molecule has 6 heteroatoms. The summed E-state index contributed by atoms with van der Waals surface area (Å²) in [5.74, 6) is 0.267. The van der Waals surface area contributed by atoms with Crippen molar-refractivity contribution in [3.8, 4) is 11.5 Å². The SMILES string of the molecule is Fc1cnccc1-c1nc(C2(c3ccccc3)CCOCC2)no1. The Hall–Kier alpha value is -2.60. The van der Waals surface area contributed by atoms with Crippen molar-refractivity contribution < 1.29 is 13.7 Å². The molecule has 4 rings (SSSR count). The van der Waals surface area contributed by atoms with Crippen LogP contribution in [0, 0.1) is 5.82 Å². The third-order valence-corrected chi connectivity index (χ3v) is 4.53. The monoisotopic (exact) mass is 325 g/mol. The van der Waals surface area contributed by atoms with Crippen LogP contribution in [0.4, 0.5) is 4.39 Å². The Kier molecular flexibility index (Phi) is 3.82. The molecule has 1 saturated heterocycles. The number of rotatable bonds is 3. The van der Waals surface area contributed by atoms with Crippen LogP contribution in [0.3, 0.4) is 0 Å². The van der Waals surface area contributed by atoms with Crippen LogP contribution in [0.25, 0.3) is 11.5 Å². The molecule has 5 nitrogen and oxygen atoms in total. The average Bonchev–Trinajstić information content (AvgIpc) is 3.14. The lowest BCUT2D eigenvalue weighted by atomic mass is 9.73. The number of aromatic nitrogens is 3. The fourth-order valence-electron chi connectivity index (χ4n) is 3.19. The molecule has 3 heterocycles. The molecule has 0 amide bonds. The fourth-order valence-corrected chi connectivity index (χ4v) is 3.19. The number of nitrogens with zero attached hydrogens (tertiary/aromatic N) is 3. The van der Waals surface area contributed by atoms with Crippen LogP contribution in [0.1, 0.15) is 24.2 Å². The minimum atomic E-state index is -0.478. The Balaban J connectivity index is 1.79. The van der Waals surface area contributed by atoms with E-state index >= 15 is 0 Å². The number of pyridine rings is 1. The maximum absolute atomic E-state index is 13.9. The highest BCUT2D eigenvalue weighted by atomic mass is 19.1. The van der Waals surface area contributed by atoms with Crippen molar-refractivity contribution in [3.63, 3.8) is 0 Å². The maximum Gasteiger partial charge on any atom is 0.261 e. The van der Waals surface area contributed by atoms with Crippen molar-refractivity contribution in [3.05, 3.63) is 66.0 Å². The van der Waals surface area contributed by atoms with E-state index in [1.807, 2.05) is 18.2 Å². The second kappa shape index (κ2) is 6.13. The van der Waals surface area contributed by atoms with Crippen molar-refractivity contribution in [1.82, 2.24) is 15.1 Å². The van der Waals surface area contributed by atoms with E-state index in [-0.39, 0.29) is 16.9 Å². The second-order valence-electron chi connectivity index (χ2n) is 5.84. The molecule has 1 aliphatic rings. The van der Waals surface area contributed by atoms with Gasteiger partial charge in [-0.25, -0.2) is 4.39 Å². The van der Waals surface area contributed by atoms with Gasteiger partial charge in [0, 0.05) is 19.4 Å². The Morgan fingerprint density at radius 3 is 2.58 bits per heavy atom. The predicted octanol–water partition coefficient (Wildman–Crippen LogP) is 3.37. The molecule has 0 aliphatic carbocycles.